The lowest BCUT2D eigenvalue weighted by Gasteiger charge is -2.11. The van der Waals surface area contributed by atoms with Gasteiger partial charge in [0.1, 0.15) is 11.5 Å². The van der Waals surface area contributed by atoms with Crippen molar-refractivity contribution in [1.82, 2.24) is 0 Å². The van der Waals surface area contributed by atoms with Gasteiger partial charge in [-0.3, -0.25) is 0 Å². The van der Waals surface area contributed by atoms with Gasteiger partial charge in [-0.2, -0.15) is 0 Å². The van der Waals surface area contributed by atoms with E-state index in [2.05, 4.69) is 47.8 Å². The van der Waals surface area contributed by atoms with Gasteiger partial charge in [-0.05, 0) is 47.9 Å². The number of rotatable bonds is 4. The van der Waals surface area contributed by atoms with E-state index in [0.717, 1.165) is 22.9 Å². The van der Waals surface area contributed by atoms with Crippen LogP contribution in [0.15, 0.2) is 97.1 Å². The summed E-state index contributed by atoms with van der Waals surface area (Å²) in [5.74, 6) is 1.66. The summed E-state index contributed by atoms with van der Waals surface area (Å²) in [4.78, 5) is 0. The average Bonchev–Trinajstić information content (AvgIpc) is 2.65. The smallest absolute Gasteiger partial charge is 0.127 e. The predicted molar refractivity (Wildman–Crippen MR) is 100 cm³/mol. The van der Waals surface area contributed by atoms with E-state index in [-0.39, 0.29) is 0 Å². The second-order valence-corrected chi connectivity index (χ2v) is 5.59. The van der Waals surface area contributed by atoms with Crippen LogP contribution in [0.3, 0.4) is 0 Å². The first-order chi connectivity index (χ1) is 11.9. The molecule has 24 heavy (non-hydrogen) atoms. The van der Waals surface area contributed by atoms with Crippen LogP contribution in [0.5, 0.6) is 11.5 Å². The lowest BCUT2D eigenvalue weighted by molar-refractivity contribution is 0.483. The Morgan fingerprint density at radius 3 is 2.04 bits per heavy atom. The number of benzene rings is 4. The lowest BCUT2D eigenvalue weighted by atomic mass is 10.1. The fourth-order valence-electron chi connectivity index (χ4n) is 2.72. The van der Waals surface area contributed by atoms with Crippen molar-refractivity contribution in [3.05, 3.63) is 97.1 Å². The maximum absolute atomic E-state index is 5.83. The van der Waals surface area contributed by atoms with E-state index in [4.69, 9.17) is 4.74 Å². The van der Waals surface area contributed by atoms with Gasteiger partial charge in [-0.15, -0.1) is 0 Å². The van der Waals surface area contributed by atoms with Crippen molar-refractivity contribution in [1.29, 1.82) is 0 Å². The maximum atomic E-state index is 5.83. The molecule has 0 saturated carbocycles. The first-order valence-electron chi connectivity index (χ1n) is 7.96. The first kappa shape index (κ1) is 14.3. The summed E-state index contributed by atoms with van der Waals surface area (Å²) >= 11 is 0. The monoisotopic (exact) mass is 311 g/mol. The zero-order chi connectivity index (χ0) is 16.2. The molecule has 0 atom stereocenters. The molecule has 4 rings (SSSR count). The molecule has 4 aromatic carbocycles. The lowest BCUT2D eigenvalue weighted by Crippen LogP contribution is -1.91. The second kappa shape index (κ2) is 6.47. The summed E-state index contributed by atoms with van der Waals surface area (Å²) in [6, 6.07) is 32.5. The van der Waals surface area contributed by atoms with Crippen LogP contribution in [-0.4, -0.2) is 0 Å². The van der Waals surface area contributed by atoms with Crippen LogP contribution in [0.4, 0.5) is 11.4 Å². The number of fused-ring (bicyclic) bond motifs is 1. The number of hydrogen-bond acceptors (Lipinski definition) is 2. The van der Waals surface area contributed by atoms with E-state index in [0.29, 0.717) is 0 Å². The molecule has 1 N–H and O–H groups in total. The van der Waals surface area contributed by atoms with Crippen molar-refractivity contribution >= 4 is 22.1 Å². The number of anilines is 2. The highest BCUT2D eigenvalue weighted by Crippen LogP contribution is 2.28. The fourth-order valence-corrected chi connectivity index (χ4v) is 2.72. The summed E-state index contributed by atoms with van der Waals surface area (Å²) in [5.41, 5.74) is 2.14. The highest BCUT2D eigenvalue weighted by atomic mass is 16.5. The quantitative estimate of drug-likeness (QED) is 0.472. The van der Waals surface area contributed by atoms with Gasteiger partial charge in [0.15, 0.2) is 0 Å². The molecule has 0 saturated heterocycles. The van der Waals surface area contributed by atoms with E-state index >= 15 is 0 Å². The van der Waals surface area contributed by atoms with Crippen LogP contribution in [0, 0.1) is 0 Å². The number of hydrogen-bond donors (Lipinski definition) is 1. The van der Waals surface area contributed by atoms with Crippen molar-refractivity contribution in [2.24, 2.45) is 0 Å². The molecule has 0 fully saturated rings. The number of para-hydroxylation sites is 1. The molecule has 0 radical (unpaired) electrons. The Morgan fingerprint density at radius 2 is 1.21 bits per heavy atom. The molecule has 0 aromatic heterocycles. The Morgan fingerprint density at radius 1 is 0.542 bits per heavy atom. The number of ether oxygens (including phenoxy) is 1. The largest absolute Gasteiger partial charge is 0.457 e. The fraction of sp³-hybridized carbons (Fsp3) is 0. The minimum absolute atomic E-state index is 0.824. The molecule has 0 heterocycles. The molecular formula is C22H17NO. The zero-order valence-corrected chi connectivity index (χ0v) is 13.1. The molecule has 116 valence electrons. The standard InChI is InChI=1S/C22H17NO/c1-2-9-19(10-3-1)24-20-15-13-18(14-16-20)23-22-12-6-8-17-7-4-5-11-21(17)22/h1-16,23H. The SMILES string of the molecule is c1ccc(Oc2ccc(Nc3cccc4ccccc34)cc2)cc1. The normalized spacial score (nSPS) is 10.5. The van der Waals surface area contributed by atoms with E-state index in [1.165, 1.54) is 10.8 Å². The van der Waals surface area contributed by atoms with Crippen molar-refractivity contribution in [2.45, 2.75) is 0 Å². The predicted octanol–water partition coefficient (Wildman–Crippen LogP) is 6.38. The zero-order valence-electron chi connectivity index (χ0n) is 13.1. The van der Waals surface area contributed by atoms with Gasteiger partial charge in [-0.1, -0.05) is 54.6 Å². The van der Waals surface area contributed by atoms with Crippen molar-refractivity contribution in [3.8, 4) is 11.5 Å². The van der Waals surface area contributed by atoms with E-state index in [9.17, 15) is 0 Å². The van der Waals surface area contributed by atoms with Crippen LogP contribution in [-0.2, 0) is 0 Å². The molecule has 4 aromatic rings. The Balaban J connectivity index is 1.55. The van der Waals surface area contributed by atoms with Crippen LogP contribution < -0.4 is 10.1 Å². The van der Waals surface area contributed by atoms with Crippen LogP contribution in [0.1, 0.15) is 0 Å². The van der Waals surface area contributed by atoms with Gasteiger partial charge in [0.25, 0.3) is 0 Å². The van der Waals surface area contributed by atoms with Gasteiger partial charge < -0.3 is 10.1 Å². The van der Waals surface area contributed by atoms with Crippen LogP contribution in [0.25, 0.3) is 10.8 Å². The summed E-state index contributed by atoms with van der Waals surface area (Å²) < 4.78 is 5.83. The van der Waals surface area contributed by atoms with Gasteiger partial charge in [0.2, 0.25) is 0 Å². The molecule has 0 aliphatic carbocycles. The minimum Gasteiger partial charge on any atom is -0.457 e. The van der Waals surface area contributed by atoms with Gasteiger partial charge in [0.05, 0.1) is 0 Å². The molecule has 2 nitrogen and oxygen atoms in total. The van der Waals surface area contributed by atoms with Gasteiger partial charge >= 0.3 is 0 Å². The molecule has 0 aliphatic rings. The molecule has 0 amide bonds. The third-order valence-electron chi connectivity index (χ3n) is 3.90. The number of nitrogens with one attached hydrogen (secondary N) is 1. The first-order valence-corrected chi connectivity index (χ1v) is 7.96. The topological polar surface area (TPSA) is 21.3 Å². The average molecular weight is 311 g/mol. The van der Waals surface area contributed by atoms with Gasteiger partial charge in [-0.25, -0.2) is 0 Å². The Bertz CT molecular complexity index is 941. The Kier molecular flexibility index (Phi) is 3.86. The third kappa shape index (κ3) is 3.08. The third-order valence-corrected chi connectivity index (χ3v) is 3.90. The highest BCUT2D eigenvalue weighted by Gasteiger charge is 2.02. The summed E-state index contributed by atoms with van der Waals surface area (Å²) in [6.07, 6.45) is 0. The Labute approximate surface area is 141 Å². The molecule has 0 aliphatic heterocycles. The minimum atomic E-state index is 0.824. The van der Waals surface area contributed by atoms with Gasteiger partial charge in [0, 0.05) is 16.8 Å². The summed E-state index contributed by atoms with van der Waals surface area (Å²) in [7, 11) is 0. The molecular weight excluding hydrogens is 294 g/mol. The molecule has 2 heteroatoms. The molecule has 0 bridgehead atoms. The van der Waals surface area contributed by atoms with E-state index in [1.807, 2.05) is 54.6 Å². The molecule has 0 spiro atoms. The van der Waals surface area contributed by atoms with E-state index in [1.54, 1.807) is 0 Å². The van der Waals surface area contributed by atoms with E-state index < -0.39 is 0 Å². The molecule has 0 unspecified atom stereocenters. The second-order valence-electron chi connectivity index (χ2n) is 5.59. The Hall–Kier alpha value is -3.26. The van der Waals surface area contributed by atoms with Crippen molar-refractivity contribution in [2.75, 3.05) is 5.32 Å². The summed E-state index contributed by atoms with van der Waals surface area (Å²) in [6.45, 7) is 0. The van der Waals surface area contributed by atoms with Crippen molar-refractivity contribution in [3.63, 3.8) is 0 Å². The van der Waals surface area contributed by atoms with Crippen LogP contribution >= 0.6 is 0 Å². The summed E-state index contributed by atoms with van der Waals surface area (Å²) in [5, 5.41) is 5.92. The maximum Gasteiger partial charge on any atom is 0.127 e. The van der Waals surface area contributed by atoms with Crippen molar-refractivity contribution < 1.29 is 4.74 Å². The highest BCUT2D eigenvalue weighted by molar-refractivity contribution is 5.95. The van der Waals surface area contributed by atoms with Crippen LogP contribution in [0.2, 0.25) is 0 Å².